The summed E-state index contributed by atoms with van der Waals surface area (Å²) < 4.78 is 5.14. The van der Waals surface area contributed by atoms with Gasteiger partial charge in [-0.2, -0.15) is 0 Å². The molecule has 0 aromatic heterocycles. The highest BCUT2D eigenvalue weighted by Gasteiger charge is 2.11. The molecule has 0 saturated heterocycles. The van der Waals surface area contributed by atoms with E-state index in [4.69, 9.17) is 16.3 Å². The zero-order valence-corrected chi connectivity index (χ0v) is 12.9. The molecule has 1 aromatic rings. The van der Waals surface area contributed by atoms with Gasteiger partial charge in [0.1, 0.15) is 5.75 Å². The standard InChI is InChI=1S/C14H20BrClO/c1-3-4-5-6-7-13(15)12-9-8-11(17-2)10-14(12)16/h8-10,13H,3-7H2,1-2H3. The van der Waals surface area contributed by atoms with Crippen LogP contribution in [-0.4, -0.2) is 7.11 Å². The highest BCUT2D eigenvalue weighted by atomic mass is 79.9. The van der Waals surface area contributed by atoms with Gasteiger partial charge in [-0.05, 0) is 24.1 Å². The minimum atomic E-state index is 0.345. The summed E-state index contributed by atoms with van der Waals surface area (Å²) in [4.78, 5) is 0.345. The fourth-order valence-corrected chi connectivity index (χ4v) is 2.95. The molecule has 1 atom stereocenters. The number of hydrogen-bond donors (Lipinski definition) is 0. The molecule has 3 heteroatoms. The number of methoxy groups -OCH3 is 1. The highest BCUT2D eigenvalue weighted by Crippen LogP contribution is 2.35. The van der Waals surface area contributed by atoms with Crippen LogP contribution in [0.2, 0.25) is 5.02 Å². The first-order chi connectivity index (χ1) is 8.19. The topological polar surface area (TPSA) is 9.23 Å². The summed E-state index contributed by atoms with van der Waals surface area (Å²) >= 11 is 9.94. The lowest BCUT2D eigenvalue weighted by Gasteiger charge is -2.12. The van der Waals surface area contributed by atoms with E-state index in [2.05, 4.69) is 22.9 Å². The summed E-state index contributed by atoms with van der Waals surface area (Å²) in [6, 6.07) is 5.87. The number of halogens is 2. The zero-order valence-electron chi connectivity index (χ0n) is 10.5. The number of benzene rings is 1. The first-order valence-electron chi connectivity index (χ1n) is 6.16. The van der Waals surface area contributed by atoms with Crippen molar-refractivity contribution in [3.63, 3.8) is 0 Å². The van der Waals surface area contributed by atoms with Gasteiger partial charge in [-0.1, -0.05) is 66.2 Å². The Bertz CT molecular complexity index is 341. The molecule has 0 heterocycles. The fourth-order valence-electron chi connectivity index (χ4n) is 1.79. The summed E-state index contributed by atoms with van der Waals surface area (Å²) in [7, 11) is 1.65. The van der Waals surface area contributed by atoms with Gasteiger partial charge in [-0.25, -0.2) is 0 Å². The van der Waals surface area contributed by atoms with Crippen molar-refractivity contribution in [2.75, 3.05) is 7.11 Å². The van der Waals surface area contributed by atoms with E-state index in [0.29, 0.717) is 4.83 Å². The molecule has 0 bridgehead atoms. The van der Waals surface area contributed by atoms with Crippen LogP contribution in [0.3, 0.4) is 0 Å². The molecular formula is C14H20BrClO. The molecule has 0 aliphatic carbocycles. The third kappa shape index (κ3) is 4.89. The molecule has 17 heavy (non-hydrogen) atoms. The molecule has 96 valence electrons. The van der Waals surface area contributed by atoms with Gasteiger partial charge in [0, 0.05) is 9.85 Å². The van der Waals surface area contributed by atoms with Crippen molar-refractivity contribution in [1.29, 1.82) is 0 Å². The Hall–Kier alpha value is -0.210. The summed E-state index contributed by atoms with van der Waals surface area (Å²) in [6.07, 6.45) is 6.26. The van der Waals surface area contributed by atoms with E-state index in [1.165, 1.54) is 25.7 Å². The lowest BCUT2D eigenvalue weighted by molar-refractivity contribution is 0.414. The number of hydrogen-bond acceptors (Lipinski definition) is 1. The van der Waals surface area contributed by atoms with Crippen LogP contribution in [0.5, 0.6) is 5.75 Å². The normalized spacial score (nSPS) is 12.5. The largest absolute Gasteiger partial charge is 0.497 e. The van der Waals surface area contributed by atoms with Crippen LogP contribution in [0.4, 0.5) is 0 Å². The van der Waals surface area contributed by atoms with Crippen LogP contribution in [0.15, 0.2) is 18.2 Å². The van der Waals surface area contributed by atoms with Crippen LogP contribution in [0, 0.1) is 0 Å². The van der Waals surface area contributed by atoms with E-state index in [9.17, 15) is 0 Å². The summed E-state index contributed by atoms with van der Waals surface area (Å²) in [5.41, 5.74) is 1.16. The van der Waals surface area contributed by atoms with Crippen molar-refractivity contribution in [3.8, 4) is 5.75 Å². The fraction of sp³-hybridized carbons (Fsp3) is 0.571. The molecule has 0 aliphatic rings. The second kappa shape index (κ2) is 7.99. The van der Waals surface area contributed by atoms with Gasteiger partial charge in [0.15, 0.2) is 0 Å². The molecular weight excluding hydrogens is 300 g/mol. The zero-order chi connectivity index (χ0) is 12.7. The lowest BCUT2D eigenvalue weighted by atomic mass is 10.1. The number of alkyl halides is 1. The van der Waals surface area contributed by atoms with Gasteiger partial charge in [0.25, 0.3) is 0 Å². The summed E-state index contributed by atoms with van der Waals surface area (Å²) in [5, 5.41) is 0.779. The van der Waals surface area contributed by atoms with Gasteiger partial charge in [0.2, 0.25) is 0 Å². The van der Waals surface area contributed by atoms with Crippen molar-refractivity contribution in [1.82, 2.24) is 0 Å². The van der Waals surface area contributed by atoms with Gasteiger partial charge in [0.05, 0.1) is 7.11 Å². The van der Waals surface area contributed by atoms with Crippen molar-refractivity contribution in [2.45, 2.75) is 43.9 Å². The predicted molar refractivity (Wildman–Crippen MR) is 78.4 cm³/mol. The van der Waals surface area contributed by atoms with Crippen LogP contribution in [-0.2, 0) is 0 Å². The Morgan fingerprint density at radius 1 is 1.29 bits per heavy atom. The quantitative estimate of drug-likeness (QED) is 0.459. The van der Waals surface area contributed by atoms with E-state index in [1.807, 2.05) is 18.2 Å². The van der Waals surface area contributed by atoms with Crippen molar-refractivity contribution in [3.05, 3.63) is 28.8 Å². The van der Waals surface area contributed by atoms with Gasteiger partial charge in [-0.15, -0.1) is 0 Å². The molecule has 1 nitrogen and oxygen atoms in total. The van der Waals surface area contributed by atoms with Gasteiger partial charge < -0.3 is 4.74 Å². The molecule has 1 aromatic carbocycles. The Labute approximate surface area is 118 Å². The van der Waals surface area contributed by atoms with Crippen LogP contribution in [0.25, 0.3) is 0 Å². The van der Waals surface area contributed by atoms with Gasteiger partial charge >= 0.3 is 0 Å². The first kappa shape index (κ1) is 14.8. The molecule has 0 radical (unpaired) electrons. The Morgan fingerprint density at radius 3 is 2.65 bits per heavy atom. The Balaban J connectivity index is 2.53. The second-order valence-corrected chi connectivity index (χ2v) is 5.72. The first-order valence-corrected chi connectivity index (χ1v) is 7.46. The maximum absolute atomic E-state index is 6.23. The maximum atomic E-state index is 6.23. The predicted octanol–water partition coefficient (Wildman–Crippen LogP) is 5.76. The molecule has 0 N–H and O–H groups in total. The minimum Gasteiger partial charge on any atom is -0.497 e. The molecule has 0 saturated carbocycles. The maximum Gasteiger partial charge on any atom is 0.120 e. The number of rotatable bonds is 7. The van der Waals surface area contributed by atoms with Crippen molar-refractivity contribution >= 4 is 27.5 Å². The third-order valence-corrected chi connectivity index (χ3v) is 4.13. The summed E-state index contributed by atoms with van der Waals surface area (Å²) in [6.45, 7) is 2.23. The van der Waals surface area contributed by atoms with E-state index in [1.54, 1.807) is 7.11 Å². The van der Waals surface area contributed by atoms with Crippen molar-refractivity contribution < 1.29 is 4.74 Å². The average Bonchev–Trinajstić information content (AvgIpc) is 2.34. The van der Waals surface area contributed by atoms with E-state index in [-0.39, 0.29) is 0 Å². The molecule has 1 unspecified atom stereocenters. The Morgan fingerprint density at radius 2 is 2.06 bits per heavy atom. The van der Waals surface area contributed by atoms with Crippen LogP contribution in [0.1, 0.15) is 49.4 Å². The van der Waals surface area contributed by atoms with Gasteiger partial charge in [-0.3, -0.25) is 0 Å². The van der Waals surface area contributed by atoms with Crippen LogP contribution < -0.4 is 4.74 Å². The van der Waals surface area contributed by atoms with E-state index in [0.717, 1.165) is 22.8 Å². The van der Waals surface area contributed by atoms with Crippen LogP contribution >= 0.6 is 27.5 Å². The lowest BCUT2D eigenvalue weighted by Crippen LogP contribution is -1.93. The highest BCUT2D eigenvalue weighted by molar-refractivity contribution is 9.09. The Kier molecular flexibility index (Phi) is 6.98. The van der Waals surface area contributed by atoms with E-state index >= 15 is 0 Å². The number of ether oxygens (including phenoxy) is 1. The SMILES string of the molecule is CCCCCCC(Br)c1ccc(OC)cc1Cl. The van der Waals surface area contributed by atoms with E-state index < -0.39 is 0 Å². The second-order valence-electron chi connectivity index (χ2n) is 4.20. The monoisotopic (exact) mass is 318 g/mol. The average molecular weight is 320 g/mol. The molecule has 1 rings (SSSR count). The minimum absolute atomic E-state index is 0.345. The summed E-state index contributed by atoms with van der Waals surface area (Å²) in [5.74, 6) is 0.810. The van der Waals surface area contributed by atoms with Crippen molar-refractivity contribution in [2.24, 2.45) is 0 Å². The molecule has 0 amide bonds. The molecule has 0 fully saturated rings. The third-order valence-electron chi connectivity index (χ3n) is 2.86. The molecule has 0 aliphatic heterocycles. The number of unbranched alkanes of at least 4 members (excludes halogenated alkanes) is 3. The molecule has 0 spiro atoms. The smallest absolute Gasteiger partial charge is 0.120 e.